The van der Waals surface area contributed by atoms with Crippen LogP contribution in [0.2, 0.25) is 0 Å². The van der Waals surface area contributed by atoms with Crippen LogP contribution in [0, 0.1) is 0 Å². The highest BCUT2D eigenvalue weighted by atomic mass is 32.2. The van der Waals surface area contributed by atoms with Crippen LogP contribution in [0.4, 0.5) is 5.69 Å². The van der Waals surface area contributed by atoms with Crippen LogP contribution in [-0.2, 0) is 10.0 Å². The third-order valence-corrected chi connectivity index (χ3v) is 6.53. The predicted molar refractivity (Wildman–Crippen MR) is 120 cm³/mol. The Bertz CT molecular complexity index is 1190. The molecule has 1 unspecified atom stereocenters. The largest absolute Gasteiger partial charge is 0.487 e. The topological polar surface area (TPSA) is 84.5 Å². The lowest BCUT2D eigenvalue weighted by molar-refractivity contribution is 0.0619. The van der Waals surface area contributed by atoms with Crippen molar-refractivity contribution in [3.63, 3.8) is 0 Å². The van der Waals surface area contributed by atoms with E-state index in [4.69, 9.17) is 4.74 Å². The Morgan fingerprint density at radius 2 is 1.58 bits per heavy atom. The van der Waals surface area contributed by atoms with E-state index in [0.717, 1.165) is 11.3 Å². The summed E-state index contributed by atoms with van der Waals surface area (Å²) in [4.78, 5) is 13.0. The van der Waals surface area contributed by atoms with Gasteiger partial charge in [-0.1, -0.05) is 36.4 Å². The summed E-state index contributed by atoms with van der Waals surface area (Å²) in [5.74, 6) is 0.546. The Balaban J connectivity index is 1.48. The fourth-order valence-electron chi connectivity index (χ4n) is 3.68. The molecule has 0 aromatic heterocycles. The molecule has 1 atom stereocenters. The lowest BCUT2D eigenvalue weighted by Gasteiger charge is -2.37. The van der Waals surface area contributed by atoms with E-state index >= 15 is 0 Å². The molecule has 3 aromatic rings. The quantitative estimate of drug-likeness (QED) is 0.616. The van der Waals surface area contributed by atoms with Crippen molar-refractivity contribution < 1.29 is 17.9 Å². The van der Waals surface area contributed by atoms with Crippen molar-refractivity contribution in [2.24, 2.45) is 0 Å². The van der Waals surface area contributed by atoms with E-state index in [1.165, 1.54) is 12.1 Å². The van der Waals surface area contributed by atoms with Crippen molar-refractivity contribution in [1.82, 2.24) is 5.32 Å². The van der Waals surface area contributed by atoms with Crippen molar-refractivity contribution in [1.29, 1.82) is 0 Å². The second-order valence-electron chi connectivity index (χ2n) is 8.13. The molecule has 6 nitrogen and oxygen atoms in total. The summed E-state index contributed by atoms with van der Waals surface area (Å²) >= 11 is 0. The first-order valence-corrected chi connectivity index (χ1v) is 11.5. The van der Waals surface area contributed by atoms with Crippen LogP contribution >= 0.6 is 0 Å². The van der Waals surface area contributed by atoms with Gasteiger partial charge < -0.3 is 10.1 Å². The van der Waals surface area contributed by atoms with Gasteiger partial charge in [-0.25, -0.2) is 8.42 Å². The Hall–Kier alpha value is -3.32. The normalized spacial score (nSPS) is 17.2. The summed E-state index contributed by atoms with van der Waals surface area (Å²) < 4.78 is 33.5. The SMILES string of the molecule is CC1(C)CC(NC(=O)c2ccc(NS(=O)(=O)c3ccccc3)cc2)c2ccccc2O1. The maximum atomic E-state index is 12.9. The van der Waals surface area contributed by atoms with E-state index in [1.807, 2.05) is 38.1 Å². The van der Waals surface area contributed by atoms with Crippen LogP contribution in [-0.4, -0.2) is 19.9 Å². The number of hydrogen-bond acceptors (Lipinski definition) is 4. The number of benzene rings is 3. The van der Waals surface area contributed by atoms with Crippen LogP contribution < -0.4 is 14.8 Å². The van der Waals surface area contributed by atoms with Crippen LogP contribution in [0.1, 0.15) is 42.2 Å². The molecule has 0 radical (unpaired) electrons. The lowest BCUT2D eigenvalue weighted by Crippen LogP contribution is -2.41. The number of ether oxygens (including phenoxy) is 1. The number of fused-ring (bicyclic) bond motifs is 1. The highest BCUT2D eigenvalue weighted by molar-refractivity contribution is 7.92. The van der Waals surface area contributed by atoms with Crippen LogP contribution in [0.3, 0.4) is 0 Å². The fraction of sp³-hybridized carbons (Fsp3) is 0.208. The molecule has 0 aliphatic carbocycles. The van der Waals surface area contributed by atoms with Gasteiger partial charge in [-0.2, -0.15) is 0 Å². The van der Waals surface area contributed by atoms with E-state index in [9.17, 15) is 13.2 Å². The molecule has 2 N–H and O–H groups in total. The van der Waals surface area contributed by atoms with Gasteiger partial charge in [-0.15, -0.1) is 0 Å². The number of hydrogen-bond donors (Lipinski definition) is 2. The first kappa shape index (κ1) is 20.9. The van der Waals surface area contributed by atoms with E-state index in [0.29, 0.717) is 17.7 Å². The third-order valence-electron chi connectivity index (χ3n) is 5.13. The van der Waals surface area contributed by atoms with Gasteiger partial charge in [0.05, 0.1) is 10.9 Å². The van der Waals surface area contributed by atoms with Gasteiger partial charge in [-0.05, 0) is 56.3 Å². The molecular formula is C24H24N2O4S. The number of para-hydroxylation sites is 1. The second kappa shape index (κ2) is 8.07. The smallest absolute Gasteiger partial charge is 0.261 e. The van der Waals surface area contributed by atoms with E-state index in [2.05, 4.69) is 10.0 Å². The molecule has 31 heavy (non-hydrogen) atoms. The summed E-state index contributed by atoms with van der Waals surface area (Å²) in [6, 6.07) is 22.0. The zero-order valence-electron chi connectivity index (χ0n) is 17.3. The van der Waals surface area contributed by atoms with Crippen molar-refractivity contribution in [2.75, 3.05) is 4.72 Å². The summed E-state index contributed by atoms with van der Waals surface area (Å²) in [6.45, 7) is 3.99. The van der Waals surface area contributed by atoms with Gasteiger partial charge >= 0.3 is 0 Å². The zero-order chi connectivity index (χ0) is 22.1. The number of carbonyl (C=O) groups is 1. The number of rotatable bonds is 5. The van der Waals surface area contributed by atoms with Crippen molar-refractivity contribution >= 4 is 21.6 Å². The minimum Gasteiger partial charge on any atom is -0.487 e. The van der Waals surface area contributed by atoms with Gasteiger partial charge in [0.1, 0.15) is 11.4 Å². The molecule has 1 heterocycles. The molecule has 0 saturated heterocycles. The predicted octanol–water partition coefficient (Wildman–Crippen LogP) is 4.52. The Morgan fingerprint density at radius 3 is 2.29 bits per heavy atom. The molecule has 7 heteroatoms. The lowest BCUT2D eigenvalue weighted by atomic mass is 9.89. The van der Waals surface area contributed by atoms with Gasteiger partial charge in [-0.3, -0.25) is 9.52 Å². The molecule has 4 rings (SSSR count). The van der Waals surface area contributed by atoms with Crippen LogP contribution in [0.25, 0.3) is 0 Å². The number of carbonyl (C=O) groups excluding carboxylic acids is 1. The Kier molecular flexibility index (Phi) is 5.45. The first-order valence-electron chi connectivity index (χ1n) is 10.0. The highest BCUT2D eigenvalue weighted by Gasteiger charge is 2.34. The van der Waals surface area contributed by atoms with Crippen molar-refractivity contribution in [3.05, 3.63) is 90.0 Å². The first-order chi connectivity index (χ1) is 14.7. The minimum atomic E-state index is -3.68. The van der Waals surface area contributed by atoms with Crippen molar-refractivity contribution in [2.45, 2.75) is 36.8 Å². The highest BCUT2D eigenvalue weighted by Crippen LogP contribution is 2.39. The molecule has 160 valence electrons. The molecule has 1 amide bonds. The molecule has 3 aromatic carbocycles. The standard InChI is InChI=1S/C24H24N2O4S/c1-24(2)16-21(20-10-6-7-11-22(20)30-24)25-23(27)17-12-14-18(15-13-17)26-31(28,29)19-8-4-3-5-9-19/h3-15,21,26H,16H2,1-2H3,(H,25,27). The Labute approximate surface area is 182 Å². The van der Waals surface area contributed by atoms with Crippen LogP contribution in [0.5, 0.6) is 5.75 Å². The maximum Gasteiger partial charge on any atom is 0.261 e. The molecule has 0 fully saturated rings. The molecule has 1 aliphatic heterocycles. The fourth-order valence-corrected chi connectivity index (χ4v) is 4.76. The second-order valence-corrected chi connectivity index (χ2v) is 9.81. The number of amides is 1. The minimum absolute atomic E-state index is 0.177. The maximum absolute atomic E-state index is 12.9. The average Bonchev–Trinajstić information content (AvgIpc) is 2.74. The molecule has 1 aliphatic rings. The average molecular weight is 437 g/mol. The third kappa shape index (κ3) is 4.72. The summed E-state index contributed by atoms with van der Waals surface area (Å²) in [5, 5.41) is 3.08. The number of anilines is 1. The van der Waals surface area contributed by atoms with Gasteiger partial charge in [0.2, 0.25) is 0 Å². The molecule has 0 saturated carbocycles. The molecule has 0 spiro atoms. The van der Waals surface area contributed by atoms with E-state index in [-0.39, 0.29) is 16.8 Å². The van der Waals surface area contributed by atoms with Gasteiger partial charge in [0, 0.05) is 23.2 Å². The number of sulfonamides is 1. The summed E-state index contributed by atoms with van der Waals surface area (Å²) in [5.41, 5.74) is 1.39. The van der Waals surface area contributed by atoms with Crippen LogP contribution in [0.15, 0.2) is 83.8 Å². The van der Waals surface area contributed by atoms with E-state index in [1.54, 1.807) is 42.5 Å². The van der Waals surface area contributed by atoms with E-state index < -0.39 is 15.6 Å². The number of nitrogens with one attached hydrogen (secondary N) is 2. The summed E-state index contributed by atoms with van der Waals surface area (Å²) in [6.07, 6.45) is 0.644. The zero-order valence-corrected chi connectivity index (χ0v) is 18.1. The molecule has 0 bridgehead atoms. The van der Waals surface area contributed by atoms with Gasteiger partial charge in [0.25, 0.3) is 15.9 Å². The summed E-state index contributed by atoms with van der Waals surface area (Å²) in [7, 11) is -3.68. The monoisotopic (exact) mass is 436 g/mol. The Morgan fingerprint density at radius 1 is 0.935 bits per heavy atom. The van der Waals surface area contributed by atoms with Crippen molar-refractivity contribution in [3.8, 4) is 5.75 Å². The van der Waals surface area contributed by atoms with Gasteiger partial charge in [0.15, 0.2) is 0 Å². The molecular weight excluding hydrogens is 412 g/mol.